The van der Waals surface area contributed by atoms with Crippen molar-refractivity contribution in [2.45, 2.75) is 39.0 Å². The summed E-state index contributed by atoms with van der Waals surface area (Å²) in [6.07, 6.45) is 4.75. The minimum atomic E-state index is 0.0424. The lowest BCUT2D eigenvalue weighted by molar-refractivity contribution is 0.103. The van der Waals surface area contributed by atoms with E-state index in [2.05, 4.69) is 29.5 Å². The predicted octanol–water partition coefficient (Wildman–Crippen LogP) is 6.78. The van der Waals surface area contributed by atoms with Crippen LogP contribution in [0.4, 0.5) is 0 Å². The average Bonchev–Trinajstić information content (AvgIpc) is 3.01. The zero-order chi connectivity index (χ0) is 18.5. The maximum atomic E-state index is 13.3. The molecule has 0 fully saturated rings. The highest BCUT2D eigenvalue weighted by Crippen LogP contribution is 2.30. The molecule has 2 nitrogen and oxygen atoms in total. The normalized spacial score (nSPS) is 11.2. The molecule has 0 radical (unpaired) electrons. The molecule has 3 rings (SSSR count). The zero-order valence-electron chi connectivity index (χ0n) is 14.9. The number of carbonyl (C=O) groups excluding carboxylic acids is 1. The number of benzene rings is 2. The molecule has 0 N–H and O–H groups in total. The summed E-state index contributed by atoms with van der Waals surface area (Å²) in [5.41, 5.74) is 3.43. The number of alkyl halides is 1. The minimum absolute atomic E-state index is 0.0424. The second kappa shape index (κ2) is 9.05. The molecule has 0 saturated heterocycles. The third kappa shape index (κ3) is 4.32. The van der Waals surface area contributed by atoms with E-state index in [4.69, 9.17) is 16.0 Å². The monoisotopic (exact) mass is 480 g/mol. The lowest BCUT2D eigenvalue weighted by atomic mass is 9.97. The first-order valence-corrected chi connectivity index (χ1v) is 10.7. The summed E-state index contributed by atoms with van der Waals surface area (Å²) >= 11 is 8.04. The number of furan rings is 1. The van der Waals surface area contributed by atoms with Gasteiger partial charge >= 0.3 is 0 Å². The largest absolute Gasteiger partial charge is 0.460 e. The molecule has 1 heterocycles. The summed E-state index contributed by atoms with van der Waals surface area (Å²) in [7, 11) is 0. The number of aryl methyl sites for hydroxylation is 2. The van der Waals surface area contributed by atoms with Crippen LogP contribution in [0.2, 0.25) is 0 Å². The van der Waals surface area contributed by atoms with Gasteiger partial charge in [0.1, 0.15) is 11.3 Å². The van der Waals surface area contributed by atoms with E-state index in [-0.39, 0.29) is 5.78 Å². The molecule has 0 amide bonds. The van der Waals surface area contributed by atoms with Crippen molar-refractivity contribution in [3.63, 3.8) is 0 Å². The molecular weight excluding hydrogens is 459 g/mol. The van der Waals surface area contributed by atoms with E-state index in [0.29, 0.717) is 11.4 Å². The summed E-state index contributed by atoms with van der Waals surface area (Å²) < 4.78 is 7.14. The maximum absolute atomic E-state index is 13.3. The number of unbranched alkanes of at least 4 members (excludes halogenated alkanes) is 1. The Morgan fingerprint density at radius 2 is 1.85 bits per heavy atom. The molecule has 1 aromatic heterocycles. The summed E-state index contributed by atoms with van der Waals surface area (Å²) in [6.45, 7) is 2.15. The zero-order valence-corrected chi connectivity index (χ0v) is 17.8. The number of carbonyl (C=O) groups is 1. The fourth-order valence-electron chi connectivity index (χ4n) is 3.12. The first-order valence-electron chi connectivity index (χ1n) is 9.04. The van der Waals surface area contributed by atoms with Crippen molar-refractivity contribution in [1.82, 2.24) is 0 Å². The Balaban J connectivity index is 1.99. The van der Waals surface area contributed by atoms with Gasteiger partial charge in [-0.15, -0.1) is 11.6 Å². The topological polar surface area (TPSA) is 30.2 Å². The van der Waals surface area contributed by atoms with Crippen LogP contribution >= 0.6 is 34.2 Å². The predicted molar refractivity (Wildman–Crippen MR) is 116 cm³/mol. The Bertz CT molecular complexity index is 896. The van der Waals surface area contributed by atoms with Crippen LogP contribution in [0.3, 0.4) is 0 Å². The van der Waals surface area contributed by atoms with Gasteiger partial charge in [0.2, 0.25) is 0 Å². The molecule has 0 aliphatic carbocycles. The fraction of sp³-hybridized carbons (Fsp3) is 0.318. The molecule has 4 heteroatoms. The Morgan fingerprint density at radius 3 is 2.54 bits per heavy atom. The van der Waals surface area contributed by atoms with Crippen molar-refractivity contribution in [3.8, 4) is 0 Å². The van der Waals surface area contributed by atoms with E-state index < -0.39 is 0 Å². The van der Waals surface area contributed by atoms with Crippen LogP contribution in [-0.4, -0.2) is 11.7 Å². The van der Waals surface area contributed by atoms with Crippen LogP contribution in [0.5, 0.6) is 0 Å². The van der Waals surface area contributed by atoms with Gasteiger partial charge in [-0.3, -0.25) is 4.79 Å². The van der Waals surface area contributed by atoms with Crippen molar-refractivity contribution in [2.75, 3.05) is 5.88 Å². The second-order valence-electron chi connectivity index (χ2n) is 6.46. The van der Waals surface area contributed by atoms with Gasteiger partial charge in [0.15, 0.2) is 5.78 Å². The summed E-state index contributed by atoms with van der Waals surface area (Å²) in [5.74, 6) is 1.50. The lowest BCUT2D eigenvalue weighted by Gasteiger charge is -2.05. The molecule has 0 unspecified atom stereocenters. The van der Waals surface area contributed by atoms with E-state index >= 15 is 0 Å². The molecule has 0 atom stereocenters. The molecule has 136 valence electrons. The third-order valence-electron chi connectivity index (χ3n) is 4.52. The molecule has 2 aromatic carbocycles. The van der Waals surface area contributed by atoms with Crippen molar-refractivity contribution in [2.24, 2.45) is 0 Å². The van der Waals surface area contributed by atoms with Gasteiger partial charge in [-0.05, 0) is 65.6 Å². The number of halogens is 2. The molecule has 0 bridgehead atoms. The molecule has 26 heavy (non-hydrogen) atoms. The Labute approximate surface area is 173 Å². The van der Waals surface area contributed by atoms with E-state index in [1.807, 2.05) is 42.5 Å². The first-order chi connectivity index (χ1) is 12.6. The molecule has 0 aliphatic rings. The smallest absolute Gasteiger partial charge is 0.197 e. The second-order valence-corrected chi connectivity index (χ2v) is 8.09. The van der Waals surface area contributed by atoms with Crippen LogP contribution in [0.15, 0.2) is 46.9 Å². The Kier molecular flexibility index (Phi) is 6.76. The summed E-state index contributed by atoms with van der Waals surface area (Å²) in [4.78, 5) is 13.3. The Morgan fingerprint density at radius 1 is 1.08 bits per heavy atom. The van der Waals surface area contributed by atoms with Crippen molar-refractivity contribution < 1.29 is 9.21 Å². The lowest BCUT2D eigenvalue weighted by Crippen LogP contribution is -2.04. The van der Waals surface area contributed by atoms with E-state index in [9.17, 15) is 4.79 Å². The standard InChI is InChI=1S/C22H22ClIO2/c1-2-3-6-20-21(18-14-17(24)11-12-19(18)26-20)22(25)16-9-7-15(8-10-16)5-4-13-23/h7-12,14H,2-6,13H2,1H3. The van der Waals surface area contributed by atoms with E-state index in [0.717, 1.165) is 58.0 Å². The number of rotatable bonds is 8. The van der Waals surface area contributed by atoms with Gasteiger partial charge in [0, 0.05) is 26.8 Å². The molecule has 0 spiro atoms. The SMILES string of the molecule is CCCCc1oc2ccc(I)cc2c1C(=O)c1ccc(CCCCl)cc1. The van der Waals surface area contributed by atoms with E-state index in [1.165, 1.54) is 5.56 Å². The van der Waals surface area contributed by atoms with Gasteiger partial charge in [-0.1, -0.05) is 37.6 Å². The van der Waals surface area contributed by atoms with Crippen LogP contribution in [0, 0.1) is 3.57 Å². The summed E-state index contributed by atoms with van der Waals surface area (Å²) in [6, 6.07) is 13.9. The number of hydrogen-bond donors (Lipinski definition) is 0. The van der Waals surface area contributed by atoms with Crippen LogP contribution in [-0.2, 0) is 12.8 Å². The average molecular weight is 481 g/mol. The molecule has 3 aromatic rings. The van der Waals surface area contributed by atoms with Crippen LogP contribution < -0.4 is 0 Å². The minimum Gasteiger partial charge on any atom is -0.460 e. The molecular formula is C22H22ClIO2. The molecule has 0 saturated carbocycles. The maximum Gasteiger partial charge on any atom is 0.197 e. The highest BCUT2D eigenvalue weighted by Gasteiger charge is 2.22. The highest BCUT2D eigenvalue weighted by molar-refractivity contribution is 14.1. The third-order valence-corrected chi connectivity index (χ3v) is 5.46. The van der Waals surface area contributed by atoms with Crippen LogP contribution in [0.1, 0.15) is 53.4 Å². The van der Waals surface area contributed by atoms with Gasteiger partial charge in [-0.2, -0.15) is 0 Å². The van der Waals surface area contributed by atoms with Crippen LogP contribution in [0.25, 0.3) is 11.0 Å². The quantitative estimate of drug-likeness (QED) is 0.202. The number of ketones is 1. The van der Waals surface area contributed by atoms with Gasteiger partial charge < -0.3 is 4.42 Å². The Hall–Kier alpha value is -1.33. The molecule has 0 aliphatic heterocycles. The summed E-state index contributed by atoms with van der Waals surface area (Å²) in [5, 5.41) is 0.916. The highest BCUT2D eigenvalue weighted by atomic mass is 127. The van der Waals surface area contributed by atoms with Gasteiger partial charge in [0.05, 0.1) is 5.56 Å². The number of fused-ring (bicyclic) bond motifs is 1. The van der Waals surface area contributed by atoms with Gasteiger partial charge in [-0.25, -0.2) is 0 Å². The van der Waals surface area contributed by atoms with Crippen molar-refractivity contribution >= 4 is 50.9 Å². The van der Waals surface area contributed by atoms with Crippen molar-refractivity contribution in [1.29, 1.82) is 0 Å². The first kappa shape index (κ1) is 19.4. The van der Waals surface area contributed by atoms with E-state index in [1.54, 1.807) is 0 Å². The fourth-order valence-corrected chi connectivity index (χ4v) is 3.75. The van der Waals surface area contributed by atoms with Gasteiger partial charge in [0.25, 0.3) is 0 Å². The number of hydrogen-bond acceptors (Lipinski definition) is 2. The van der Waals surface area contributed by atoms with Crippen molar-refractivity contribution in [3.05, 3.63) is 68.5 Å².